The highest BCUT2D eigenvalue weighted by Gasteiger charge is 2.23. The first-order valence-electron chi connectivity index (χ1n) is 9.17. The topological polar surface area (TPSA) is 44.1 Å². The van der Waals surface area contributed by atoms with Crippen LogP contribution < -0.4 is 10.3 Å². The van der Waals surface area contributed by atoms with E-state index in [2.05, 4.69) is 6.08 Å². The van der Waals surface area contributed by atoms with Gasteiger partial charge in [-0.05, 0) is 41.3 Å². The minimum atomic E-state index is 0.0501. The van der Waals surface area contributed by atoms with Gasteiger partial charge in [-0.2, -0.15) is 0 Å². The lowest BCUT2D eigenvalue weighted by atomic mass is 10.1. The molecule has 0 radical (unpaired) electrons. The highest BCUT2D eigenvalue weighted by Crippen LogP contribution is 2.34. The van der Waals surface area contributed by atoms with Gasteiger partial charge < -0.3 is 4.74 Å². The fourth-order valence-corrected chi connectivity index (χ4v) is 4.66. The summed E-state index contributed by atoms with van der Waals surface area (Å²) in [6, 6.07) is 18.0. The van der Waals surface area contributed by atoms with E-state index in [1.807, 2.05) is 64.5 Å². The van der Waals surface area contributed by atoms with E-state index in [1.165, 1.54) is 11.3 Å². The monoisotopic (exact) mass is 386 g/mol. The third-order valence-corrected chi connectivity index (χ3v) is 5.98. The van der Waals surface area contributed by atoms with Gasteiger partial charge in [-0.25, -0.2) is 4.98 Å². The Morgan fingerprint density at radius 3 is 2.82 bits per heavy atom. The van der Waals surface area contributed by atoms with E-state index in [0.29, 0.717) is 6.54 Å². The van der Waals surface area contributed by atoms with Crippen molar-refractivity contribution < 1.29 is 4.74 Å². The van der Waals surface area contributed by atoms with E-state index in [-0.39, 0.29) is 5.56 Å². The van der Waals surface area contributed by atoms with Crippen LogP contribution in [0, 0.1) is 0 Å². The van der Waals surface area contributed by atoms with Gasteiger partial charge in [0.15, 0.2) is 0 Å². The molecule has 5 heteroatoms. The standard InChI is InChI=1S/C23H18N2O2S/c1-27-18-9-5-6-15(13-18)12-17-10-11-25-21(17)24-22-20(23(25)26)19(14-28-22)16-7-3-2-4-8-16/h2-9,12-14H,10-11H2,1H3/b17-12+. The number of hydrogen-bond donors (Lipinski definition) is 0. The Hall–Kier alpha value is -3.18. The molecule has 0 spiro atoms. The Morgan fingerprint density at radius 2 is 2.00 bits per heavy atom. The van der Waals surface area contributed by atoms with E-state index >= 15 is 0 Å². The van der Waals surface area contributed by atoms with E-state index in [9.17, 15) is 4.79 Å². The van der Waals surface area contributed by atoms with E-state index < -0.39 is 0 Å². The van der Waals surface area contributed by atoms with Crippen molar-refractivity contribution >= 4 is 33.2 Å². The zero-order chi connectivity index (χ0) is 19.1. The highest BCUT2D eigenvalue weighted by molar-refractivity contribution is 7.17. The molecule has 28 heavy (non-hydrogen) atoms. The van der Waals surface area contributed by atoms with E-state index in [0.717, 1.165) is 50.5 Å². The van der Waals surface area contributed by atoms with Crippen molar-refractivity contribution in [1.29, 1.82) is 0 Å². The van der Waals surface area contributed by atoms with Gasteiger partial charge in [0.25, 0.3) is 5.56 Å². The van der Waals surface area contributed by atoms with Crippen molar-refractivity contribution in [2.24, 2.45) is 0 Å². The molecule has 1 aliphatic rings. The Morgan fingerprint density at radius 1 is 1.14 bits per heavy atom. The maximum absolute atomic E-state index is 13.3. The number of hydrogen-bond acceptors (Lipinski definition) is 4. The molecular formula is C23H18N2O2S. The zero-order valence-corrected chi connectivity index (χ0v) is 16.2. The van der Waals surface area contributed by atoms with Crippen LogP contribution in [0.5, 0.6) is 5.75 Å². The Labute approximate surface area is 166 Å². The predicted octanol–water partition coefficient (Wildman–Crippen LogP) is 5.08. The Balaban J connectivity index is 1.65. The zero-order valence-electron chi connectivity index (χ0n) is 15.4. The number of fused-ring (bicyclic) bond motifs is 2. The van der Waals surface area contributed by atoms with Crippen LogP contribution in [-0.2, 0) is 6.54 Å². The summed E-state index contributed by atoms with van der Waals surface area (Å²) < 4.78 is 7.12. The molecule has 0 atom stereocenters. The van der Waals surface area contributed by atoms with E-state index in [4.69, 9.17) is 9.72 Å². The first kappa shape index (κ1) is 17.0. The molecule has 2 aromatic carbocycles. The van der Waals surface area contributed by atoms with Gasteiger partial charge in [0.2, 0.25) is 0 Å². The number of methoxy groups -OCH3 is 1. The number of allylic oxidation sites excluding steroid dienone is 1. The molecule has 0 N–H and O–H groups in total. The van der Waals surface area contributed by atoms with Gasteiger partial charge in [0, 0.05) is 17.5 Å². The van der Waals surface area contributed by atoms with Crippen LogP contribution in [0.1, 0.15) is 17.8 Å². The lowest BCUT2D eigenvalue weighted by molar-refractivity contribution is 0.414. The molecule has 0 amide bonds. The van der Waals surface area contributed by atoms with Crippen LogP contribution in [0.25, 0.3) is 33.0 Å². The van der Waals surface area contributed by atoms with Crippen LogP contribution in [-0.4, -0.2) is 16.7 Å². The van der Waals surface area contributed by atoms with Crippen LogP contribution in [0.3, 0.4) is 0 Å². The molecule has 0 saturated heterocycles. The van der Waals surface area contributed by atoms with Crippen LogP contribution in [0.4, 0.5) is 0 Å². The van der Waals surface area contributed by atoms with Crippen molar-refractivity contribution in [2.45, 2.75) is 13.0 Å². The molecule has 4 nitrogen and oxygen atoms in total. The minimum absolute atomic E-state index is 0.0501. The lowest BCUT2D eigenvalue weighted by Gasteiger charge is -2.05. The minimum Gasteiger partial charge on any atom is -0.497 e. The molecule has 2 aromatic heterocycles. The second-order valence-corrected chi connectivity index (χ2v) is 7.64. The summed E-state index contributed by atoms with van der Waals surface area (Å²) in [4.78, 5) is 18.9. The molecule has 1 aliphatic heterocycles. The first-order chi connectivity index (χ1) is 13.7. The number of benzene rings is 2. The average molecular weight is 386 g/mol. The summed E-state index contributed by atoms with van der Waals surface area (Å²) in [5, 5.41) is 2.76. The summed E-state index contributed by atoms with van der Waals surface area (Å²) in [5.74, 6) is 1.60. The summed E-state index contributed by atoms with van der Waals surface area (Å²) in [6.45, 7) is 0.664. The largest absolute Gasteiger partial charge is 0.497 e. The summed E-state index contributed by atoms with van der Waals surface area (Å²) >= 11 is 1.53. The van der Waals surface area contributed by atoms with Crippen LogP contribution in [0.2, 0.25) is 0 Å². The molecule has 0 aliphatic carbocycles. The van der Waals surface area contributed by atoms with Crippen LogP contribution in [0.15, 0.2) is 64.8 Å². The third kappa shape index (κ3) is 2.75. The van der Waals surface area contributed by atoms with Gasteiger partial charge in [0.05, 0.1) is 12.5 Å². The normalized spacial score (nSPS) is 14.5. The van der Waals surface area contributed by atoms with E-state index in [1.54, 1.807) is 7.11 Å². The quantitative estimate of drug-likeness (QED) is 0.493. The Bertz CT molecular complexity index is 1270. The second kappa shape index (κ2) is 6.77. The summed E-state index contributed by atoms with van der Waals surface area (Å²) in [7, 11) is 1.66. The molecule has 5 rings (SSSR count). The van der Waals surface area contributed by atoms with Gasteiger partial charge in [0.1, 0.15) is 16.4 Å². The fraction of sp³-hybridized carbons (Fsp3) is 0.130. The molecule has 0 saturated carbocycles. The maximum Gasteiger partial charge on any atom is 0.263 e. The van der Waals surface area contributed by atoms with Crippen molar-refractivity contribution in [2.75, 3.05) is 7.11 Å². The number of nitrogens with zero attached hydrogens (tertiary/aromatic N) is 2. The maximum atomic E-state index is 13.3. The lowest BCUT2D eigenvalue weighted by Crippen LogP contribution is -2.20. The van der Waals surface area contributed by atoms with Crippen molar-refractivity contribution in [3.8, 4) is 16.9 Å². The van der Waals surface area contributed by atoms with Gasteiger partial charge in [-0.1, -0.05) is 42.5 Å². The van der Waals surface area contributed by atoms with Gasteiger partial charge in [-0.3, -0.25) is 9.36 Å². The number of thiophene rings is 1. The third-order valence-electron chi connectivity index (χ3n) is 5.11. The number of rotatable bonds is 3. The van der Waals surface area contributed by atoms with Crippen molar-refractivity contribution in [3.63, 3.8) is 0 Å². The molecule has 0 fully saturated rings. The molecule has 0 unspecified atom stereocenters. The molecule has 0 bridgehead atoms. The first-order valence-corrected chi connectivity index (χ1v) is 10.0. The molecule has 3 heterocycles. The van der Waals surface area contributed by atoms with Crippen molar-refractivity contribution in [3.05, 3.63) is 81.7 Å². The molecule has 4 aromatic rings. The molecule has 138 valence electrons. The van der Waals surface area contributed by atoms with Gasteiger partial charge in [-0.15, -0.1) is 11.3 Å². The highest BCUT2D eigenvalue weighted by atomic mass is 32.1. The van der Waals surface area contributed by atoms with Crippen LogP contribution >= 0.6 is 11.3 Å². The van der Waals surface area contributed by atoms with Gasteiger partial charge >= 0.3 is 0 Å². The summed E-state index contributed by atoms with van der Waals surface area (Å²) in [6.07, 6.45) is 2.91. The SMILES string of the molecule is COc1cccc(/C=C2\CCn3c2nc2scc(-c4ccccc4)c2c3=O)c1. The fourth-order valence-electron chi connectivity index (χ4n) is 3.72. The number of aromatic nitrogens is 2. The van der Waals surface area contributed by atoms with Crippen molar-refractivity contribution in [1.82, 2.24) is 9.55 Å². The second-order valence-electron chi connectivity index (χ2n) is 6.78. The Kier molecular flexibility index (Phi) is 4.10. The number of ether oxygens (including phenoxy) is 1. The smallest absolute Gasteiger partial charge is 0.263 e. The summed E-state index contributed by atoms with van der Waals surface area (Å²) in [5.41, 5.74) is 4.21. The average Bonchev–Trinajstić information content (AvgIpc) is 3.34. The molecular weight excluding hydrogens is 368 g/mol. The predicted molar refractivity (Wildman–Crippen MR) is 115 cm³/mol.